The minimum absolute atomic E-state index is 0.0940. The number of rotatable bonds is 8. The lowest BCUT2D eigenvalue weighted by Crippen LogP contribution is -1.98. The molecule has 6 heteroatoms. The molecular formula is C23H23Br2NO3. The van der Waals surface area contributed by atoms with Gasteiger partial charge in [-0.05, 0) is 106 Å². The first kappa shape index (κ1) is 21.8. The summed E-state index contributed by atoms with van der Waals surface area (Å²) in [7, 11) is 0. The summed E-state index contributed by atoms with van der Waals surface area (Å²) >= 11 is 7.11. The van der Waals surface area contributed by atoms with Gasteiger partial charge >= 0.3 is 5.97 Å². The summed E-state index contributed by atoms with van der Waals surface area (Å²) in [6.45, 7) is 4.22. The number of halogens is 2. The number of aliphatic carboxylic acids is 1. The molecule has 0 unspecified atom stereocenters. The zero-order chi connectivity index (χ0) is 21.0. The molecule has 0 fully saturated rings. The Balaban J connectivity index is 1.91. The van der Waals surface area contributed by atoms with Crippen LogP contribution in [0.5, 0.6) is 11.5 Å². The van der Waals surface area contributed by atoms with Gasteiger partial charge in [0, 0.05) is 17.5 Å². The van der Waals surface area contributed by atoms with E-state index in [1.54, 1.807) is 0 Å². The standard InChI is InChI=1S/C23H23Br2NO3/c1-3-4-5-16-10-14(2)26-21-8-7-17(13-18(16)21)29-23-19(24)11-15(12-20(23)25)6-9-22(27)28/h7-8,10-13H,3-6,9H2,1-2H3,(H,27,28). The smallest absolute Gasteiger partial charge is 0.303 e. The third-order valence-corrected chi connectivity index (χ3v) is 5.88. The number of hydrogen-bond acceptors (Lipinski definition) is 3. The Morgan fingerprint density at radius 1 is 1.10 bits per heavy atom. The summed E-state index contributed by atoms with van der Waals surface area (Å²) in [5.74, 6) is 0.593. The second kappa shape index (κ2) is 9.72. The lowest BCUT2D eigenvalue weighted by Gasteiger charge is -2.14. The SMILES string of the molecule is CCCCc1cc(C)nc2ccc(Oc3c(Br)cc(CCC(=O)O)cc3Br)cc12. The molecule has 0 aliphatic heterocycles. The average Bonchev–Trinajstić information content (AvgIpc) is 2.67. The molecule has 0 bridgehead atoms. The predicted molar refractivity (Wildman–Crippen MR) is 123 cm³/mol. The van der Waals surface area contributed by atoms with Gasteiger partial charge in [0.1, 0.15) is 5.75 Å². The highest BCUT2D eigenvalue weighted by Gasteiger charge is 2.13. The van der Waals surface area contributed by atoms with Crippen molar-refractivity contribution in [2.45, 2.75) is 46.0 Å². The fraction of sp³-hybridized carbons (Fsp3) is 0.304. The number of benzene rings is 2. The number of pyridine rings is 1. The Labute approximate surface area is 187 Å². The maximum absolute atomic E-state index is 10.8. The second-order valence-electron chi connectivity index (χ2n) is 7.09. The fourth-order valence-corrected chi connectivity index (χ4v) is 4.73. The van der Waals surface area contributed by atoms with E-state index in [1.807, 2.05) is 37.3 Å². The molecule has 1 heterocycles. The van der Waals surface area contributed by atoms with Crippen molar-refractivity contribution in [3.05, 3.63) is 62.2 Å². The Kier molecular flexibility index (Phi) is 7.30. The number of hydrogen-bond donors (Lipinski definition) is 1. The molecule has 0 saturated carbocycles. The third kappa shape index (κ3) is 5.58. The van der Waals surface area contributed by atoms with Crippen LogP contribution < -0.4 is 4.74 Å². The van der Waals surface area contributed by atoms with E-state index in [9.17, 15) is 4.79 Å². The highest BCUT2D eigenvalue weighted by molar-refractivity contribution is 9.11. The Morgan fingerprint density at radius 3 is 2.48 bits per heavy atom. The van der Waals surface area contributed by atoms with E-state index in [0.29, 0.717) is 12.2 Å². The summed E-state index contributed by atoms with van der Waals surface area (Å²) in [6.07, 6.45) is 3.86. The van der Waals surface area contributed by atoms with Crippen molar-refractivity contribution in [3.8, 4) is 11.5 Å². The van der Waals surface area contributed by atoms with Gasteiger partial charge in [0.25, 0.3) is 0 Å². The average molecular weight is 521 g/mol. The van der Waals surface area contributed by atoms with E-state index in [1.165, 1.54) is 5.56 Å². The molecule has 1 aromatic heterocycles. The van der Waals surface area contributed by atoms with Crippen molar-refractivity contribution in [2.75, 3.05) is 0 Å². The molecular weight excluding hydrogens is 498 g/mol. The first-order chi connectivity index (χ1) is 13.9. The largest absolute Gasteiger partial charge is 0.481 e. The molecule has 0 spiro atoms. The molecule has 0 atom stereocenters. The summed E-state index contributed by atoms with van der Waals surface area (Å²) in [6, 6.07) is 11.9. The summed E-state index contributed by atoms with van der Waals surface area (Å²) < 4.78 is 7.74. The maximum atomic E-state index is 10.8. The highest BCUT2D eigenvalue weighted by Crippen LogP contribution is 2.39. The quantitative estimate of drug-likeness (QED) is 0.340. The van der Waals surface area contributed by atoms with Crippen LogP contribution in [0.3, 0.4) is 0 Å². The minimum Gasteiger partial charge on any atom is -0.481 e. The van der Waals surface area contributed by atoms with Crippen LogP contribution in [0.2, 0.25) is 0 Å². The van der Waals surface area contributed by atoms with Gasteiger partial charge in [0.05, 0.1) is 14.5 Å². The Bertz CT molecular complexity index is 1030. The molecule has 3 aromatic rings. The normalized spacial score (nSPS) is 11.0. The van der Waals surface area contributed by atoms with Gasteiger partial charge in [-0.1, -0.05) is 13.3 Å². The molecule has 0 amide bonds. The van der Waals surface area contributed by atoms with E-state index in [2.05, 4.69) is 49.8 Å². The van der Waals surface area contributed by atoms with Gasteiger partial charge in [-0.15, -0.1) is 0 Å². The van der Waals surface area contributed by atoms with Crippen LogP contribution in [0.1, 0.15) is 43.0 Å². The van der Waals surface area contributed by atoms with Gasteiger partial charge in [0.15, 0.2) is 5.75 Å². The van der Waals surface area contributed by atoms with Crippen molar-refractivity contribution in [2.24, 2.45) is 0 Å². The molecule has 0 radical (unpaired) electrons. The van der Waals surface area contributed by atoms with Crippen molar-refractivity contribution in [3.63, 3.8) is 0 Å². The number of aryl methyl sites for hydroxylation is 3. The number of fused-ring (bicyclic) bond motifs is 1. The number of unbranched alkanes of at least 4 members (excludes halogenated alkanes) is 1. The maximum Gasteiger partial charge on any atom is 0.303 e. The topological polar surface area (TPSA) is 59.4 Å². The van der Waals surface area contributed by atoms with Crippen LogP contribution in [0, 0.1) is 6.92 Å². The van der Waals surface area contributed by atoms with Gasteiger partial charge in [-0.3, -0.25) is 9.78 Å². The van der Waals surface area contributed by atoms with Crippen LogP contribution in [-0.4, -0.2) is 16.1 Å². The Morgan fingerprint density at radius 2 is 1.83 bits per heavy atom. The van der Waals surface area contributed by atoms with Crippen molar-refractivity contribution in [1.29, 1.82) is 0 Å². The van der Waals surface area contributed by atoms with E-state index in [0.717, 1.165) is 56.1 Å². The van der Waals surface area contributed by atoms with Crippen LogP contribution in [0.15, 0.2) is 45.3 Å². The summed E-state index contributed by atoms with van der Waals surface area (Å²) in [4.78, 5) is 15.5. The van der Waals surface area contributed by atoms with Gasteiger partial charge < -0.3 is 9.84 Å². The number of carboxylic acids is 1. The molecule has 0 aliphatic carbocycles. The predicted octanol–water partition coefficient (Wildman–Crippen LogP) is 7.22. The summed E-state index contributed by atoms with van der Waals surface area (Å²) in [5.41, 5.74) is 4.23. The molecule has 4 nitrogen and oxygen atoms in total. The number of carboxylic acid groups (broad SMARTS) is 1. The minimum atomic E-state index is -0.809. The number of nitrogens with zero attached hydrogens (tertiary/aromatic N) is 1. The van der Waals surface area contributed by atoms with Crippen LogP contribution in [0.4, 0.5) is 0 Å². The Hall–Kier alpha value is -1.92. The van der Waals surface area contributed by atoms with E-state index in [4.69, 9.17) is 9.84 Å². The zero-order valence-corrected chi connectivity index (χ0v) is 19.6. The molecule has 152 valence electrons. The molecule has 0 aliphatic rings. The lowest BCUT2D eigenvalue weighted by molar-refractivity contribution is -0.136. The van der Waals surface area contributed by atoms with Crippen LogP contribution >= 0.6 is 31.9 Å². The molecule has 1 N–H and O–H groups in total. The van der Waals surface area contributed by atoms with Gasteiger partial charge in [-0.2, -0.15) is 0 Å². The first-order valence-electron chi connectivity index (χ1n) is 9.65. The van der Waals surface area contributed by atoms with Crippen LogP contribution in [0.25, 0.3) is 10.9 Å². The van der Waals surface area contributed by atoms with E-state index < -0.39 is 5.97 Å². The van der Waals surface area contributed by atoms with Crippen molar-refractivity contribution in [1.82, 2.24) is 4.98 Å². The molecule has 0 saturated heterocycles. The van der Waals surface area contributed by atoms with Gasteiger partial charge in [-0.25, -0.2) is 0 Å². The molecule has 29 heavy (non-hydrogen) atoms. The molecule has 2 aromatic carbocycles. The van der Waals surface area contributed by atoms with E-state index >= 15 is 0 Å². The number of ether oxygens (including phenoxy) is 1. The van der Waals surface area contributed by atoms with Crippen molar-refractivity contribution >= 4 is 48.7 Å². The van der Waals surface area contributed by atoms with Gasteiger partial charge in [0.2, 0.25) is 0 Å². The second-order valence-corrected chi connectivity index (χ2v) is 8.80. The number of aromatic nitrogens is 1. The summed E-state index contributed by atoms with van der Waals surface area (Å²) in [5, 5.41) is 10.0. The third-order valence-electron chi connectivity index (χ3n) is 4.70. The molecule has 3 rings (SSSR count). The monoisotopic (exact) mass is 519 g/mol. The zero-order valence-electron chi connectivity index (χ0n) is 16.5. The lowest BCUT2D eigenvalue weighted by atomic mass is 10.0. The fourth-order valence-electron chi connectivity index (χ4n) is 3.28. The van der Waals surface area contributed by atoms with Crippen molar-refractivity contribution < 1.29 is 14.6 Å². The first-order valence-corrected chi connectivity index (χ1v) is 11.2. The number of carbonyl (C=O) groups is 1. The highest BCUT2D eigenvalue weighted by atomic mass is 79.9. The van der Waals surface area contributed by atoms with E-state index in [-0.39, 0.29) is 6.42 Å². The van der Waals surface area contributed by atoms with Crippen LogP contribution in [-0.2, 0) is 17.6 Å².